The maximum Gasteiger partial charge on any atom is 0.293 e. The van der Waals surface area contributed by atoms with Crippen LogP contribution in [-0.2, 0) is 11.4 Å². The smallest absolute Gasteiger partial charge is 0.293 e. The number of amides is 2. The van der Waals surface area contributed by atoms with Gasteiger partial charge in [0.2, 0.25) is 0 Å². The lowest BCUT2D eigenvalue weighted by Crippen LogP contribution is -2.32. The van der Waals surface area contributed by atoms with Gasteiger partial charge in [0.15, 0.2) is 23.0 Å². The number of benzene rings is 3. The number of rotatable bonds is 11. The SMILES string of the molecule is COc1ccccc1OCCN1C(=O)S/C(=C\c2ccc(OCc3cccc([N+](=O)[O-])c3)c(OC)c2)C1=O. The minimum Gasteiger partial charge on any atom is -0.493 e. The second-order valence-electron chi connectivity index (χ2n) is 7.96. The van der Waals surface area contributed by atoms with Crippen LogP contribution in [0.15, 0.2) is 71.6 Å². The number of hydrogen-bond donors (Lipinski definition) is 0. The molecule has 4 rings (SSSR count). The molecule has 1 saturated heterocycles. The average Bonchev–Trinajstić information content (AvgIpc) is 3.19. The number of carbonyl (C=O) groups is 2. The number of ether oxygens (including phenoxy) is 4. The number of para-hydroxylation sites is 2. The zero-order valence-corrected chi connectivity index (χ0v) is 21.4. The second kappa shape index (κ2) is 12.2. The first-order valence-corrected chi connectivity index (χ1v) is 12.3. The molecule has 0 radical (unpaired) electrons. The minimum atomic E-state index is -0.464. The molecule has 3 aromatic rings. The first-order valence-electron chi connectivity index (χ1n) is 11.4. The van der Waals surface area contributed by atoms with E-state index in [1.807, 2.05) is 6.07 Å². The Morgan fingerprint density at radius 1 is 0.895 bits per heavy atom. The lowest BCUT2D eigenvalue weighted by Gasteiger charge is -2.14. The molecule has 3 aromatic carbocycles. The van der Waals surface area contributed by atoms with E-state index in [0.717, 1.165) is 16.7 Å². The van der Waals surface area contributed by atoms with E-state index in [2.05, 4.69) is 0 Å². The van der Waals surface area contributed by atoms with E-state index in [-0.39, 0.29) is 35.6 Å². The summed E-state index contributed by atoms with van der Waals surface area (Å²) in [6.07, 6.45) is 1.61. The number of non-ortho nitro benzene ring substituents is 1. The highest BCUT2D eigenvalue weighted by Crippen LogP contribution is 2.35. The van der Waals surface area contributed by atoms with Crippen LogP contribution in [0.2, 0.25) is 0 Å². The molecular weight excluding hydrogens is 512 g/mol. The number of thioether (sulfide) groups is 1. The van der Waals surface area contributed by atoms with Crippen molar-refractivity contribution in [3.05, 3.63) is 92.9 Å². The quantitative estimate of drug-likeness (QED) is 0.183. The van der Waals surface area contributed by atoms with Gasteiger partial charge in [0.05, 0.1) is 30.6 Å². The molecule has 10 nitrogen and oxygen atoms in total. The number of nitro benzene ring substituents is 1. The van der Waals surface area contributed by atoms with Crippen LogP contribution in [0.5, 0.6) is 23.0 Å². The largest absolute Gasteiger partial charge is 0.493 e. The molecule has 0 aromatic heterocycles. The summed E-state index contributed by atoms with van der Waals surface area (Å²) in [5.41, 5.74) is 1.25. The zero-order chi connectivity index (χ0) is 27.1. The van der Waals surface area contributed by atoms with Crippen molar-refractivity contribution in [2.24, 2.45) is 0 Å². The summed E-state index contributed by atoms with van der Waals surface area (Å²) in [5, 5.41) is 10.6. The Kier molecular flexibility index (Phi) is 8.49. The zero-order valence-electron chi connectivity index (χ0n) is 20.6. The third-order valence-electron chi connectivity index (χ3n) is 5.52. The fourth-order valence-corrected chi connectivity index (χ4v) is 4.51. The standard InChI is InChI=1S/C27H24N2O8S/c1-34-21-8-3-4-9-22(21)36-13-12-28-26(30)25(38-27(28)31)16-18-10-11-23(24(15-18)35-2)37-17-19-6-5-7-20(14-19)29(32)33/h3-11,14-16H,12-13,17H2,1-2H3/b25-16-. The average molecular weight is 537 g/mol. The molecule has 1 aliphatic rings. The normalized spacial score (nSPS) is 14.1. The number of hydrogen-bond acceptors (Lipinski definition) is 9. The monoisotopic (exact) mass is 536 g/mol. The van der Waals surface area contributed by atoms with Crippen molar-refractivity contribution >= 4 is 34.7 Å². The molecule has 0 atom stereocenters. The Morgan fingerprint density at radius 3 is 2.37 bits per heavy atom. The molecule has 1 fully saturated rings. The molecule has 0 saturated carbocycles. The first-order chi connectivity index (χ1) is 18.4. The van der Waals surface area contributed by atoms with Gasteiger partial charge in [0.25, 0.3) is 16.8 Å². The predicted molar refractivity (Wildman–Crippen MR) is 142 cm³/mol. The third-order valence-corrected chi connectivity index (χ3v) is 6.42. The highest BCUT2D eigenvalue weighted by Gasteiger charge is 2.34. The number of imide groups is 1. The summed E-state index contributed by atoms with van der Waals surface area (Å²) < 4.78 is 22.2. The van der Waals surface area contributed by atoms with Crippen LogP contribution >= 0.6 is 11.8 Å². The Bertz CT molecular complexity index is 1390. The summed E-state index contributed by atoms with van der Waals surface area (Å²) in [4.78, 5) is 37.3. The van der Waals surface area contributed by atoms with Gasteiger partial charge in [-0.05, 0) is 53.2 Å². The van der Waals surface area contributed by atoms with Crippen molar-refractivity contribution in [1.82, 2.24) is 4.90 Å². The van der Waals surface area contributed by atoms with Crippen LogP contribution in [0.4, 0.5) is 10.5 Å². The van der Waals surface area contributed by atoms with Gasteiger partial charge in [-0.1, -0.05) is 30.3 Å². The summed E-state index contributed by atoms with van der Waals surface area (Å²) in [6.45, 7) is 0.317. The van der Waals surface area contributed by atoms with E-state index < -0.39 is 10.8 Å². The van der Waals surface area contributed by atoms with E-state index >= 15 is 0 Å². The van der Waals surface area contributed by atoms with E-state index in [0.29, 0.717) is 34.1 Å². The Labute approximate surface area is 222 Å². The molecule has 2 amide bonds. The van der Waals surface area contributed by atoms with E-state index in [1.54, 1.807) is 54.6 Å². The van der Waals surface area contributed by atoms with Crippen LogP contribution in [-0.4, -0.2) is 48.3 Å². The molecule has 1 aliphatic heterocycles. The van der Waals surface area contributed by atoms with Crippen molar-refractivity contribution in [3.63, 3.8) is 0 Å². The van der Waals surface area contributed by atoms with Gasteiger partial charge in [-0.2, -0.15) is 0 Å². The van der Waals surface area contributed by atoms with Gasteiger partial charge >= 0.3 is 0 Å². The van der Waals surface area contributed by atoms with Crippen molar-refractivity contribution in [2.45, 2.75) is 6.61 Å². The van der Waals surface area contributed by atoms with Gasteiger partial charge in [-0.3, -0.25) is 24.6 Å². The van der Waals surface area contributed by atoms with Crippen LogP contribution in [0.1, 0.15) is 11.1 Å². The third kappa shape index (κ3) is 6.24. The van der Waals surface area contributed by atoms with E-state index in [1.165, 1.54) is 26.4 Å². The second-order valence-corrected chi connectivity index (χ2v) is 8.95. The van der Waals surface area contributed by atoms with Gasteiger partial charge in [0, 0.05) is 12.1 Å². The minimum absolute atomic E-state index is 0.0197. The summed E-state index contributed by atoms with van der Waals surface area (Å²) in [7, 11) is 3.02. The number of methoxy groups -OCH3 is 2. The van der Waals surface area contributed by atoms with Gasteiger partial charge in [-0.25, -0.2) is 0 Å². The van der Waals surface area contributed by atoms with E-state index in [9.17, 15) is 19.7 Å². The highest BCUT2D eigenvalue weighted by molar-refractivity contribution is 8.18. The van der Waals surface area contributed by atoms with Gasteiger partial charge in [-0.15, -0.1) is 0 Å². The molecule has 38 heavy (non-hydrogen) atoms. The molecule has 0 N–H and O–H groups in total. The maximum atomic E-state index is 12.9. The summed E-state index contributed by atoms with van der Waals surface area (Å²) in [6, 6.07) is 18.4. The molecule has 196 valence electrons. The van der Waals surface area contributed by atoms with Crippen LogP contribution in [0, 0.1) is 10.1 Å². The van der Waals surface area contributed by atoms with Crippen LogP contribution in [0.3, 0.4) is 0 Å². The maximum absolute atomic E-state index is 12.9. The van der Waals surface area contributed by atoms with Crippen molar-refractivity contribution in [2.75, 3.05) is 27.4 Å². The lowest BCUT2D eigenvalue weighted by molar-refractivity contribution is -0.384. The van der Waals surface area contributed by atoms with Crippen LogP contribution < -0.4 is 18.9 Å². The fourth-order valence-electron chi connectivity index (χ4n) is 3.64. The summed E-state index contributed by atoms with van der Waals surface area (Å²) in [5.74, 6) is 1.52. The molecule has 0 spiro atoms. The predicted octanol–water partition coefficient (Wildman–Crippen LogP) is 5.31. The number of carbonyl (C=O) groups excluding carboxylic acids is 2. The Balaban J connectivity index is 1.40. The molecule has 0 aliphatic carbocycles. The number of nitrogens with zero attached hydrogens (tertiary/aromatic N) is 2. The summed E-state index contributed by atoms with van der Waals surface area (Å²) >= 11 is 0.851. The van der Waals surface area contributed by atoms with Crippen molar-refractivity contribution in [3.8, 4) is 23.0 Å². The van der Waals surface area contributed by atoms with Crippen molar-refractivity contribution in [1.29, 1.82) is 0 Å². The Morgan fingerprint density at radius 2 is 1.63 bits per heavy atom. The van der Waals surface area contributed by atoms with E-state index in [4.69, 9.17) is 18.9 Å². The lowest BCUT2D eigenvalue weighted by atomic mass is 10.1. The first kappa shape index (κ1) is 26.6. The molecule has 0 bridgehead atoms. The molecule has 0 unspecified atom stereocenters. The molecule has 11 heteroatoms. The Hall–Kier alpha value is -4.51. The highest BCUT2D eigenvalue weighted by atomic mass is 32.2. The fraction of sp³-hybridized carbons (Fsp3) is 0.185. The van der Waals surface area contributed by atoms with Crippen molar-refractivity contribution < 1.29 is 33.5 Å². The topological polar surface area (TPSA) is 117 Å². The number of nitro groups is 1. The molecule has 1 heterocycles. The van der Waals surface area contributed by atoms with Crippen LogP contribution in [0.25, 0.3) is 6.08 Å². The van der Waals surface area contributed by atoms with Gasteiger partial charge < -0.3 is 18.9 Å². The molecular formula is C27H24N2O8S. The van der Waals surface area contributed by atoms with Gasteiger partial charge in [0.1, 0.15) is 13.2 Å².